The Morgan fingerprint density at radius 3 is 2.55 bits per heavy atom. The van der Waals surface area contributed by atoms with Gasteiger partial charge < -0.3 is 14.6 Å². The van der Waals surface area contributed by atoms with E-state index in [4.69, 9.17) is 4.74 Å². The minimum absolute atomic E-state index is 0.205. The molecule has 2 aromatic carbocycles. The monoisotopic (exact) mass is 420 g/mol. The standard InChI is InChI=1S/C23H21FN4O3/c1-2-31-19-9-5-16(6-10-19)20-15-21-23(30)27(13-14-28(21)26-20)12-11-25-22(29)17-3-7-18(24)8-4-17/h3-10,13-15H,2,11-12H2,1H3,(H,25,29). The van der Waals surface area contributed by atoms with Crippen LogP contribution in [0, 0.1) is 5.82 Å². The number of amides is 1. The topological polar surface area (TPSA) is 77.6 Å². The molecule has 0 spiro atoms. The fraction of sp³-hybridized carbons (Fsp3) is 0.174. The lowest BCUT2D eigenvalue weighted by molar-refractivity contribution is 0.0952. The molecular formula is C23H21FN4O3. The van der Waals surface area contributed by atoms with Crippen LogP contribution >= 0.6 is 0 Å². The van der Waals surface area contributed by atoms with E-state index in [1.165, 1.54) is 28.8 Å². The third-order valence-corrected chi connectivity index (χ3v) is 4.81. The van der Waals surface area contributed by atoms with E-state index in [9.17, 15) is 14.0 Å². The quantitative estimate of drug-likeness (QED) is 0.498. The number of ether oxygens (including phenoxy) is 1. The van der Waals surface area contributed by atoms with Gasteiger partial charge in [0.1, 0.15) is 17.1 Å². The minimum atomic E-state index is -0.401. The maximum atomic E-state index is 13.0. The van der Waals surface area contributed by atoms with Crippen molar-refractivity contribution >= 4 is 11.4 Å². The Morgan fingerprint density at radius 2 is 1.84 bits per heavy atom. The number of rotatable bonds is 7. The predicted molar refractivity (Wildman–Crippen MR) is 115 cm³/mol. The van der Waals surface area contributed by atoms with Crippen LogP contribution < -0.4 is 15.6 Å². The van der Waals surface area contributed by atoms with E-state index in [1.807, 2.05) is 31.2 Å². The first kappa shape index (κ1) is 20.3. The van der Waals surface area contributed by atoms with Crippen molar-refractivity contribution in [3.05, 3.63) is 88.7 Å². The van der Waals surface area contributed by atoms with Crippen LogP contribution in [0.1, 0.15) is 17.3 Å². The van der Waals surface area contributed by atoms with Gasteiger partial charge in [0.2, 0.25) is 0 Å². The molecule has 158 valence electrons. The Kier molecular flexibility index (Phi) is 5.79. The Hall–Kier alpha value is -3.94. The van der Waals surface area contributed by atoms with Crippen LogP contribution in [0.2, 0.25) is 0 Å². The summed E-state index contributed by atoms with van der Waals surface area (Å²) in [5.74, 6) is 0.0538. The van der Waals surface area contributed by atoms with Gasteiger partial charge in [0.05, 0.1) is 12.3 Å². The van der Waals surface area contributed by atoms with Gasteiger partial charge in [0.25, 0.3) is 11.5 Å². The first-order valence-corrected chi connectivity index (χ1v) is 9.91. The zero-order valence-corrected chi connectivity index (χ0v) is 16.9. The number of benzene rings is 2. The third-order valence-electron chi connectivity index (χ3n) is 4.81. The molecule has 1 N–H and O–H groups in total. The first-order chi connectivity index (χ1) is 15.0. The van der Waals surface area contributed by atoms with Crippen LogP contribution in [0.25, 0.3) is 16.8 Å². The van der Waals surface area contributed by atoms with Gasteiger partial charge in [-0.15, -0.1) is 0 Å². The van der Waals surface area contributed by atoms with E-state index in [0.29, 0.717) is 29.9 Å². The second-order valence-electron chi connectivity index (χ2n) is 6.88. The molecule has 0 bridgehead atoms. The number of carbonyl (C=O) groups excluding carboxylic acids is 1. The zero-order valence-electron chi connectivity index (χ0n) is 16.9. The van der Waals surface area contributed by atoms with Gasteiger partial charge in [0.15, 0.2) is 0 Å². The fourth-order valence-corrected chi connectivity index (χ4v) is 3.23. The van der Waals surface area contributed by atoms with Crippen LogP contribution in [0.15, 0.2) is 71.8 Å². The number of halogens is 1. The highest BCUT2D eigenvalue weighted by atomic mass is 19.1. The Morgan fingerprint density at radius 1 is 1.10 bits per heavy atom. The predicted octanol–water partition coefficient (Wildman–Crippen LogP) is 3.13. The van der Waals surface area contributed by atoms with Crippen molar-refractivity contribution in [3.63, 3.8) is 0 Å². The van der Waals surface area contributed by atoms with E-state index in [1.54, 1.807) is 23.0 Å². The molecule has 4 aromatic rings. The molecule has 0 saturated carbocycles. The van der Waals surface area contributed by atoms with Crippen LogP contribution in [-0.2, 0) is 6.54 Å². The molecule has 1 amide bonds. The van der Waals surface area contributed by atoms with Gasteiger partial charge in [-0.25, -0.2) is 8.91 Å². The van der Waals surface area contributed by atoms with Crippen molar-refractivity contribution in [1.29, 1.82) is 0 Å². The highest BCUT2D eigenvalue weighted by Gasteiger charge is 2.10. The van der Waals surface area contributed by atoms with Gasteiger partial charge in [-0.2, -0.15) is 5.10 Å². The lowest BCUT2D eigenvalue weighted by atomic mass is 10.1. The molecule has 2 aromatic heterocycles. The van der Waals surface area contributed by atoms with Crippen LogP contribution in [0.5, 0.6) is 5.75 Å². The Balaban J connectivity index is 1.47. The molecule has 4 rings (SSSR count). The molecule has 0 aliphatic heterocycles. The summed E-state index contributed by atoms with van der Waals surface area (Å²) in [5.41, 5.74) is 2.16. The number of nitrogens with zero attached hydrogens (tertiary/aromatic N) is 3. The second kappa shape index (κ2) is 8.83. The highest BCUT2D eigenvalue weighted by Crippen LogP contribution is 2.21. The van der Waals surface area contributed by atoms with Crippen molar-refractivity contribution in [2.45, 2.75) is 13.5 Å². The van der Waals surface area contributed by atoms with E-state index in [0.717, 1.165) is 11.3 Å². The van der Waals surface area contributed by atoms with Gasteiger partial charge >= 0.3 is 0 Å². The van der Waals surface area contributed by atoms with E-state index < -0.39 is 5.82 Å². The minimum Gasteiger partial charge on any atom is -0.494 e. The number of nitrogens with one attached hydrogen (secondary N) is 1. The van der Waals surface area contributed by atoms with Crippen LogP contribution in [0.3, 0.4) is 0 Å². The lowest BCUT2D eigenvalue weighted by Crippen LogP contribution is -2.31. The molecule has 0 aliphatic carbocycles. The summed E-state index contributed by atoms with van der Waals surface area (Å²) in [6.07, 6.45) is 3.34. The van der Waals surface area contributed by atoms with Crippen molar-refractivity contribution < 1.29 is 13.9 Å². The Bertz CT molecular complexity index is 1260. The third kappa shape index (κ3) is 4.48. The summed E-state index contributed by atoms with van der Waals surface area (Å²) in [7, 11) is 0. The summed E-state index contributed by atoms with van der Waals surface area (Å²) in [6, 6.07) is 14.6. The van der Waals surface area contributed by atoms with Gasteiger partial charge in [0, 0.05) is 36.6 Å². The number of carbonyl (C=O) groups is 1. The number of fused-ring (bicyclic) bond motifs is 1. The Labute approximate surface area is 177 Å². The highest BCUT2D eigenvalue weighted by molar-refractivity contribution is 5.94. The largest absolute Gasteiger partial charge is 0.494 e. The number of aromatic nitrogens is 3. The average Bonchev–Trinajstić information content (AvgIpc) is 3.22. The van der Waals surface area contributed by atoms with E-state index >= 15 is 0 Å². The molecule has 0 saturated heterocycles. The fourth-order valence-electron chi connectivity index (χ4n) is 3.23. The molecular weight excluding hydrogens is 399 g/mol. The normalized spacial score (nSPS) is 10.9. The maximum Gasteiger partial charge on any atom is 0.276 e. The maximum absolute atomic E-state index is 13.0. The summed E-state index contributed by atoms with van der Waals surface area (Å²) in [5, 5.41) is 7.21. The van der Waals surface area contributed by atoms with Crippen molar-refractivity contribution in [3.8, 4) is 17.0 Å². The van der Waals surface area contributed by atoms with Gasteiger partial charge in [-0.05, 0) is 61.5 Å². The molecule has 0 atom stereocenters. The summed E-state index contributed by atoms with van der Waals surface area (Å²) in [6.45, 7) is 3.07. The van der Waals surface area contributed by atoms with Gasteiger partial charge in [-0.3, -0.25) is 9.59 Å². The smallest absolute Gasteiger partial charge is 0.276 e. The molecule has 31 heavy (non-hydrogen) atoms. The SMILES string of the molecule is CCOc1ccc(-c2cc3c(=O)n(CCNC(=O)c4ccc(F)cc4)ccn3n2)cc1. The molecule has 7 nitrogen and oxygen atoms in total. The van der Waals surface area contributed by atoms with E-state index in [-0.39, 0.29) is 18.0 Å². The number of hydrogen-bond donors (Lipinski definition) is 1. The molecule has 2 heterocycles. The van der Waals surface area contributed by atoms with Crippen molar-refractivity contribution in [1.82, 2.24) is 19.5 Å². The number of hydrogen-bond acceptors (Lipinski definition) is 4. The summed E-state index contributed by atoms with van der Waals surface area (Å²) in [4.78, 5) is 24.9. The lowest BCUT2D eigenvalue weighted by Gasteiger charge is -2.08. The molecule has 0 unspecified atom stereocenters. The summed E-state index contributed by atoms with van der Waals surface area (Å²) >= 11 is 0. The first-order valence-electron chi connectivity index (χ1n) is 9.91. The molecule has 0 radical (unpaired) electrons. The summed E-state index contributed by atoms with van der Waals surface area (Å²) < 4.78 is 21.5. The zero-order chi connectivity index (χ0) is 21.8. The second-order valence-corrected chi connectivity index (χ2v) is 6.88. The molecule has 8 heteroatoms. The van der Waals surface area contributed by atoms with Crippen molar-refractivity contribution in [2.24, 2.45) is 0 Å². The molecule has 0 aliphatic rings. The van der Waals surface area contributed by atoms with Gasteiger partial charge in [-0.1, -0.05) is 0 Å². The molecule has 0 fully saturated rings. The van der Waals surface area contributed by atoms with Crippen LogP contribution in [-0.4, -0.2) is 33.2 Å². The van der Waals surface area contributed by atoms with Crippen molar-refractivity contribution in [2.75, 3.05) is 13.2 Å². The average molecular weight is 420 g/mol. The van der Waals surface area contributed by atoms with Crippen LogP contribution in [0.4, 0.5) is 4.39 Å². The van der Waals surface area contributed by atoms with E-state index in [2.05, 4.69) is 10.4 Å².